The summed E-state index contributed by atoms with van der Waals surface area (Å²) in [4.78, 5) is 27.3. The van der Waals surface area contributed by atoms with Crippen molar-refractivity contribution in [2.45, 2.75) is 44.8 Å². The van der Waals surface area contributed by atoms with Gasteiger partial charge in [0.2, 0.25) is 5.91 Å². The zero-order valence-electron chi connectivity index (χ0n) is 20.0. The molecule has 1 atom stereocenters. The molecule has 2 aliphatic carbocycles. The van der Waals surface area contributed by atoms with E-state index in [2.05, 4.69) is 5.32 Å². The van der Waals surface area contributed by atoms with Crippen molar-refractivity contribution in [3.05, 3.63) is 88.6 Å². The minimum Gasteiger partial charge on any atom is -0.486 e. The molecule has 1 unspecified atom stereocenters. The maximum Gasteiger partial charge on any atom is 0.287 e. The first-order valence-electron chi connectivity index (χ1n) is 12.7. The smallest absolute Gasteiger partial charge is 0.287 e. The summed E-state index contributed by atoms with van der Waals surface area (Å²) in [6.45, 7) is 1.47. The second-order valence-corrected chi connectivity index (χ2v) is 10.1. The third-order valence-electron chi connectivity index (χ3n) is 7.23. The summed E-state index contributed by atoms with van der Waals surface area (Å²) in [7, 11) is 0. The first-order valence-corrected chi connectivity index (χ1v) is 12.7. The molecule has 2 aromatic carbocycles. The standard InChI is InChI=1S/C29H29FN2O4/c30-22-3-1-2-21(14-22)27-25-15-23(9-8-19(25)12-13-32(27)29(34)20-6-7-20)35-17-24-10-11-26(36-24)28(33)31-16-18-4-5-18/h1-3,8-11,14-15,18,20,27H,4-7,12-13,16-17H2,(H,31,33). The molecule has 2 saturated carbocycles. The molecule has 2 amide bonds. The predicted octanol–water partition coefficient (Wildman–Crippen LogP) is 5.02. The Balaban J connectivity index is 1.21. The molecule has 7 heteroatoms. The average molecular weight is 489 g/mol. The molecular formula is C29H29FN2O4. The van der Waals surface area contributed by atoms with Crippen molar-refractivity contribution in [1.29, 1.82) is 0 Å². The first-order chi connectivity index (χ1) is 17.5. The lowest BCUT2D eigenvalue weighted by Gasteiger charge is -2.38. The molecule has 36 heavy (non-hydrogen) atoms. The summed E-state index contributed by atoms with van der Waals surface area (Å²) in [5.41, 5.74) is 2.84. The molecule has 2 heterocycles. The van der Waals surface area contributed by atoms with E-state index < -0.39 is 0 Å². The number of nitrogens with one attached hydrogen (secondary N) is 1. The quantitative estimate of drug-likeness (QED) is 0.483. The number of hydrogen-bond donors (Lipinski definition) is 1. The number of nitrogens with zero attached hydrogens (tertiary/aromatic N) is 1. The third-order valence-corrected chi connectivity index (χ3v) is 7.23. The van der Waals surface area contributed by atoms with Crippen molar-refractivity contribution >= 4 is 11.8 Å². The predicted molar refractivity (Wildman–Crippen MR) is 131 cm³/mol. The van der Waals surface area contributed by atoms with E-state index in [1.165, 1.54) is 25.0 Å². The van der Waals surface area contributed by atoms with Crippen LogP contribution in [0, 0.1) is 17.7 Å². The van der Waals surface area contributed by atoms with Crippen molar-refractivity contribution in [1.82, 2.24) is 10.2 Å². The van der Waals surface area contributed by atoms with Crippen molar-refractivity contribution in [3.8, 4) is 5.75 Å². The Morgan fingerprint density at radius 1 is 1.06 bits per heavy atom. The van der Waals surface area contributed by atoms with Crippen LogP contribution in [0.15, 0.2) is 59.0 Å². The summed E-state index contributed by atoms with van der Waals surface area (Å²) in [5, 5.41) is 2.90. The SMILES string of the molecule is O=C(NCC1CC1)c1ccc(COc2ccc3c(c2)C(c2cccc(F)c2)N(C(=O)C2CC2)CC3)o1. The Morgan fingerprint density at radius 2 is 1.92 bits per heavy atom. The Morgan fingerprint density at radius 3 is 2.69 bits per heavy atom. The van der Waals surface area contributed by atoms with Crippen LogP contribution in [0.4, 0.5) is 4.39 Å². The van der Waals surface area contributed by atoms with Gasteiger partial charge in [-0.1, -0.05) is 18.2 Å². The number of amides is 2. The molecule has 6 rings (SSSR count). The number of furan rings is 1. The van der Waals surface area contributed by atoms with Gasteiger partial charge in [0.05, 0.1) is 6.04 Å². The van der Waals surface area contributed by atoms with Gasteiger partial charge in [0, 0.05) is 19.0 Å². The van der Waals surface area contributed by atoms with Crippen LogP contribution in [0.3, 0.4) is 0 Å². The molecule has 0 bridgehead atoms. The molecule has 0 spiro atoms. The van der Waals surface area contributed by atoms with E-state index >= 15 is 0 Å². The maximum atomic E-state index is 14.2. The first kappa shape index (κ1) is 22.8. The molecule has 3 aromatic rings. The van der Waals surface area contributed by atoms with E-state index in [1.807, 2.05) is 29.2 Å². The second-order valence-electron chi connectivity index (χ2n) is 10.1. The van der Waals surface area contributed by atoms with Gasteiger partial charge in [0.25, 0.3) is 5.91 Å². The summed E-state index contributed by atoms with van der Waals surface area (Å²) in [6.07, 6.45) is 4.93. The molecule has 186 valence electrons. The largest absolute Gasteiger partial charge is 0.486 e. The zero-order valence-corrected chi connectivity index (χ0v) is 20.0. The highest BCUT2D eigenvalue weighted by Gasteiger charge is 2.39. The number of carbonyl (C=O) groups is 2. The number of hydrogen-bond acceptors (Lipinski definition) is 4. The zero-order chi connectivity index (χ0) is 24.6. The lowest BCUT2D eigenvalue weighted by Crippen LogP contribution is -2.41. The van der Waals surface area contributed by atoms with Crippen LogP contribution in [0.2, 0.25) is 0 Å². The molecule has 1 aromatic heterocycles. The Hall–Kier alpha value is -3.61. The van der Waals surface area contributed by atoms with Gasteiger partial charge in [0.1, 0.15) is 23.9 Å². The van der Waals surface area contributed by atoms with Crippen molar-refractivity contribution in [2.24, 2.45) is 11.8 Å². The molecule has 3 aliphatic rings. The second kappa shape index (κ2) is 9.45. The fourth-order valence-corrected chi connectivity index (χ4v) is 4.90. The summed E-state index contributed by atoms with van der Waals surface area (Å²) in [5.74, 6) is 1.76. The number of carbonyl (C=O) groups excluding carboxylic acids is 2. The minimum absolute atomic E-state index is 0.0802. The van der Waals surface area contributed by atoms with Crippen LogP contribution in [0.25, 0.3) is 0 Å². The van der Waals surface area contributed by atoms with Crippen LogP contribution in [0.1, 0.15) is 64.7 Å². The summed E-state index contributed by atoms with van der Waals surface area (Å²) in [6, 6.07) is 15.4. The fourth-order valence-electron chi connectivity index (χ4n) is 4.90. The van der Waals surface area contributed by atoms with Crippen molar-refractivity contribution < 1.29 is 23.1 Å². The van der Waals surface area contributed by atoms with E-state index in [9.17, 15) is 14.0 Å². The lowest BCUT2D eigenvalue weighted by molar-refractivity contribution is -0.134. The molecule has 0 saturated heterocycles. The van der Waals surface area contributed by atoms with Gasteiger partial charge in [-0.05, 0) is 91.1 Å². The van der Waals surface area contributed by atoms with Gasteiger partial charge >= 0.3 is 0 Å². The van der Waals surface area contributed by atoms with Crippen LogP contribution in [-0.2, 0) is 17.8 Å². The highest BCUT2D eigenvalue weighted by Crippen LogP contribution is 2.41. The number of benzene rings is 2. The number of fused-ring (bicyclic) bond motifs is 1. The Labute approximate surface area is 209 Å². The van der Waals surface area contributed by atoms with Crippen LogP contribution < -0.4 is 10.1 Å². The minimum atomic E-state index is -0.355. The Kier molecular flexibility index (Phi) is 5.99. The van der Waals surface area contributed by atoms with E-state index in [0.717, 1.165) is 36.0 Å². The molecule has 6 nitrogen and oxygen atoms in total. The van der Waals surface area contributed by atoms with Crippen LogP contribution in [-0.4, -0.2) is 29.8 Å². The van der Waals surface area contributed by atoms with E-state index in [-0.39, 0.29) is 42.0 Å². The number of halogens is 1. The highest BCUT2D eigenvalue weighted by molar-refractivity contribution is 5.91. The molecule has 1 aliphatic heterocycles. The normalized spacial score (nSPS) is 19.0. The topological polar surface area (TPSA) is 71.8 Å². The Bertz CT molecular complexity index is 1290. The van der Waals surface area contributed by atoms with Gasteiger partial charge in [-0.2, -0.15) is 0 Å². The van der Waals surface area contributed by atoms with Crippen molar-refractivity contribution in [3.63, 3.8) is 0 Å². The number of ether oxygens (including phenoxy) is 1. The monoisotopic (exact) mass is 488 g/mol. The van der Waals surface area contributed by atoms with Gasteiger partial charge in [-0.3, -0.25) is 9.59 Å². The molecule has 0 radical (unpaired) electrons. The van der Waals surface area contributed by atoms with Gasteiger partial charge < -0.3 is 19.4 Å². The van der Waals surface area contributed by atoms with Gasteiger partial charge in [-0.25, -0.2) is 4.39 Å². The summed E-state index contributed by atoms with van der Waals surface area (Å²) < 4.78 is 25.9. The average Bonchev–Trinajstić information content (AvgIpc) is 3.83. The van der Waals surface area contributed by atoms with E-state index in [4.69, 9.17) is 9.15 Å². The molecule has 2 fully saturated rings. The van der Waals surface area contributed by atoms with Crippen LogP contribution in [0.5, 0.6) is 5.75 Å². The lowest BCUT2D eigenvalue weighted by atomic mass is 9.87. The number of rotatable bonds is 8. The van der Waals surface area contributed by atoms with Gasteiger partial charge in [-0.15, -0.1) is 0 Å². The van der Waals surface area contributed by atoms with Crippen molar-refractivity contribution in [2.75, 3.05) is 13.1 Å². The fraction of sp³-hybridized carbons (Fsp3) is 0.379. The van der Waals surface area contributed by atoms with E-state index in [0.29, 0.717) is 30.5 Å². The van der Waals surface area contributed by atoms with Crippen LogP contribution >= 0.6 is 0 Å². The molecular weight excluding hydrogens is 459 g/mol. The summed E-state index contributed by atoms with van der Waals surface area (Å²) >= 11 is 0. The van der Waals surface area contributed by atoms with Gasteiger partial charge in [0.15, 0.2) is 5.76 Å². The van der Waals surface area contributed by atoms with E-state index in [1.54, 1.807) is 18.2 Å². The third kappa shape index (κ3) is 4.87. The molecule has 1 N–H and O–H groups in total. The maximum absolute atomic E-state index is 14.2. The highest BCUT2D eigenvalue weighted by atomic mass is 19.1.